The third kappa shape index (κ3) is 3.80. The third-order valence-corrected chi connectivity index (χ3v) is 3.91. The van der Waals surface area contributed by atoms with Crippen LogP contribution < -0.4 is 9.64 Å². The lowest BCUT2D eigenvalue weighted by molar-refractivity contribution is 0.112. The Morgan fingerprint density at radius 3 is 2.59 bits per heavy atom. The maximum Gasteiger partial charge on any atom is 0.125 e. The van der Waals surface area contributed by atoms with Crippen molar-refractivity contribution in [1.82, 2.24) is 9.78 Å². The largest absolute Gasteiger partial charge is 0.490 e. The molecule has 0 aliphatic heterocycles. The van der Waals surface area contributed by atoms with E-state index in [0.717, 1.165) is 22.6 Å². The second-order valence-corrected chi connectivity index (χ2v) is 5.87. The molecule has 5 heteroatoms. The van der Waals surface area contributed by atoms with Crippen LogP contribution in [-0.2, 0) is 7.05 Å². The SMILES string of the molecule is Cc1ccc(C)c(OC[C@@H](O)CN(C)c2cnn(C)c2)c1C. The van der Waals surface area contributed by atoms with Crippen LogP contribution in [0.15, 0.2) is 24.5 Å². The summed E-state index contributed by atoms with van der Waals surface area (Å²) in [6.45, 7) is 6.90. The van der Waals surface area contributed by atoms with Gasteiger partial charge in [-0.05, 0) is 37.5 Å². The number of benzene rings is 1. The predicted octanol–water partition coefficient (Wildman–Crippen LogP) is 2.22. The van der Waals surface area contributed by atoms with Crippen molar-refractivity contribution in [3.05, 3.63) is 41.2 Å². The zero-order valence-electron chi connectivity index (χ0n) is 14.0. The molecule has 0 radical (unpaired) electrons. The van der Waals surface area contributed by atoms with E-state index in [2.05, 4.69) is 18.1 Å². The molecule has 0 aliphatic carbocycles. The van der Waals surface area contributed by atoms with Crippen molar-refractivity contribution in [2.75, 3.05) is 25.1 Å². The summed E-state index contributed by atoms with van der Waals surface area (Å²) in [5, 5.41) is 14.3. The zero-order valence-corrected chi connectivity index (χ0v) is 14.0. The van der Waals surface area contributed by atoms with E-state index in [1.165, 1.54) is 5.56 Å². The van der Waals surface area contributed by atoms with Crippen molar-refractivity contribution in [1.29, 1.82) is 0 Å². The molecule has 1 N–H and O–H groups in total. The molecule has 0 saturated carbocycles. The maximum atomic E-state index is 10.2. The van der Waals surface area contributed by atoms with Gasteiger partial charge in [0.25, 0.3) is 0 Å². The van der Waals surface area contributed by atoms with Gasteiger partial charge in [-0.25, -0.2) is 0 Å². The number of rotatable bonds is 6. The molecule has 5 nitrogen and oxygen atoms in total. The summed E-state index contributed by atoms with van der Waals surface area (Å²) in [5.74, 6) is 0.878. The first-order valence-corrected chi connectivity index (χ1v) is 7.46. The molecule has 2 aromatic rings. The summed E-state index contributed by atoms with van der Waals surface area (Å²) >= 11 is 0. The normalized spacial score (nSPS) is 12.3. The molecule has 0 saturated heterocycles. The highest BCUT2D eigenvalue weighted by Gasteiger charge is 2.13. The number of anilines is 1. The lowest BCUT2D eigenvalue weighted by Gasteiger charge is -2.22. The predicted molar refractivity (Wildman–Crippen MR) is 88.6 cm³/mol. The number of ether oxygens (including phenoxy) is 1. The van der Waals surface area contributed by atoms with Crippen LogP contribution in [0.4, 0.5) is 5.69 Å². The van der Waals surface area contributed by atoms with E-state index in [1.54, 1.807) is 10.9 Å². The first-order valence-electron chi connectivity index (χ1n) is 7.46. The van der Waals surface area contributed by atoms with Crippen LogP contribution in [0.5, 0.6) is 5.75 Å². The van der Waals surface area contributed by atoms with Gasteiger partial charge >= 0.3 is 0 Å². The lowest BCUT2D eigenvalue weighted by atomic mass is 10.1. The lowest BCUT2D eigenvalue weighted by Crippen LogP contribution is -2.33. The van der Waals surface area contributed by atoms with Crippen molar-refractivity contribution < 1.29 is 9.84 Å². The molecule has 120 valence electrons. The number of hydrogen-bond donors (Lipinski definition) is 1. The quantitative estimate of drug-likeness (QED) is 0.889. The number of aryl methyl sites for hydroxylation is 3. The smallest absolute Gasteiger partial charge is 0.125 e. The molecule has 2 rings (SSSR count). The highest BCUT2D eigenvalue weighted by molar-refractivity contribution is 5.44. The summed E-state index contributed by atoms with van der Waals surface area (Å²) in [6, 6.07) is 4.13. The monoisotopic (exact) mass is 303 g/mol. The van der Waals surface area contributed by atoms with E-state index in [9.17, 15) is 5.11 Å². The van der Waals surface area contributed by atoms with Crippen LogP contribution in [-0.4, -0.2) is 41.2 Å². The number of aliphatic hydroxyl groups excluding tert-OH is 1. The van der Waals surface area contributed by atoms with Gasteiger partial charge in [-0.2, -0.15) is 5.10 Å². The molecule has 1 atom stereocenters. The van der Waals surface area contributed by atoms with Crippen molar-refractivity contribution in [3.63, 3.8) is 0 Å². The van der Waals surface area contributed by atoms with Gasteiger partial charge in [0.15, 0.2) is 0 Å². The molecule has 0 bridgehead atoms. The minimum Gasteiger partial charge on any atom is -0.490 e. The molecule has 1 aromatic carbocycles. The topological polar surface area (TPSA) is 50.5 Å². The van der Waals surface area contributed by atoms with Gasteiger partial charge in [-0.3, -0.25) is 4.68 Å². The molecule has 0 aliphatic rings. The van der Waals surface area contributed by atoms with Crippen molar-refractivity contribution in [2.24, 2.45) is 7.05 Å². The Labute approximate surface area is 132 Å². The molecule has 1 heterocycles. The van der Waals surface area contributed by atoms with E-state index in [4.69, 9.17) is 4.74 Å². The van der Waals surface area contributed by atoms with E-state index in [-0.39, 0.29) is 6.61 Å². The van der Waals surface area contributed by atoms with E-state index < -0.39 is 6.10 Å². The standard InChI is InChI=1S/C17H25N3O2/c1-12-6-7-13(2)17(14(12)3)22-11-16(21)10-19(4)15-8-18-20(5)9-15/h6-9,16,21H,10-11H2,1-5H3/t16-/m0/s1. The van der Waals surface area contributed by atoms with Crippen LogP contribution in [0.3, 0.4) is 0 Å². The minimum absolute atomic E-state index is 0.274. The van der Waals surface area contributed by atoms with Gasteiger partial charge in [-0.15, -0.1) is 0 Å². The Bertz CT molecular complexity index is 637. The summed E-state index contributed by atoms with van der Waals surface area (Å²) in [4.78, 5) is 1.97. The summed E-state index contributed by atoms with van der Waals surface area (Å²) in [7, 11) is 3.81. The molecule has 0 spiro atoms. The Balaban J connectivity index is 1.93. The zero-order chi connectivity index (χ0) is 16.3. The Morgan fingerprint density at radius 2 is 1.95 bits per heavy atom. The van der Waals surface area contributed by atoms with Gasteiger partial charge in [0, 0.05) is 26.8 Å². The molecule has 22 heavy (non-hydrogen) atoms. The third-order valence-electron chi connectivity index (χ3n) is 3.91. The van der Waals surface area contributed by atoms with Gasteiger partial charge in [-0.1, -0.05) is 12.1 Å². The number of nitrogens with zero attached hydrogens (tertiary/aromatic N) is 3. The second kappa shape index (κ2) is 6.83. The Morgan fingerprint density at radius 1 is 1.27 bits per heavy atom. The molecule has 0 amide bonds. The second-order valence-electron chi connectivity index (χ2n) is 5.87. The number of aliphatic hydroxyl groups is 1. The highest BCUT2D eigenvalue weighted by atomic mass is 16.5. The van der Waals surface area contributed by atoms with Crippen molar-refractivity contribution in [2.45, 2.75) is 26.9 Å². The molecular weight excluding hydrogens is 278 g/mol. The molecule has 0 unspecified atom stereocenters. The summed E-state index contributed by atoms with van der Waals surface area (Å²) in [6.07, 6.45) is 3.13. The van der Waals surface area contributed by atoms with Gasteiger partial charge in [0.2, 0.25) is 0 Å². The Hall–Kier alpha value is -2.01. The highest BCUT2D eigenvalue weighted by Crippen LogP contribution is 2.25. The molecule has 0 fully saturated rings. The van der Waals surface area contributed by atoms with Crippen LogP contribution >= 0.6 is 0 Å². The minimum atomic E-state index is -0.565. The first kappa shape index (κ1) is 16.4. The Kier molecular flexibility index (Phi) is 5.08. The van der Waals surface area contributed by atoms with Gasteiger partial charge in [0.05, 0.1) is 11.9 Å². The van der Waals surface area contributed by atoms with Crippen LogP contribution in [0.25, 0.3) is 0 Å². The number of hydrogen-bond acceptors (Lipinski definition) is 4. The van der Waals surface area contributed by atoms with Crippen LogP contribution in [0.1, 0.15) is 16.7 Å². The number of likely N-dealkylation sites (N-methyl/N-ethyl adjacent to an activating group) is 1. The fourth-order valence-corrected chi connectivity index (χ4v) is 2.41. The fourth-order valence-electron chi connectivity index (χ4n) is 2.41. The van der Waals surface area contributed by atoms with E-state index >= 15 is 0 Å². The van der Waals surface area contributed by atoms with Gasteiger partial charge in [0.1, 0.15) is 18.5 Å². The van der Waals surface area contributed by atoms with Crippen LogP contribution in [0.2, 0.25) is 0 Å². The van der Waals surface area contributed by atoms with Gasteiger partial charge < -0.3 is 14.7 Å². The average Bonchev–Trinajstić information content (AvgIpc) is 2.90. The average molecular weight is 303 g/mol. The number of aromatic nitrogens is 2. The van der Waals surface area contributed by atoms with E-state index in [0.29, 0.717) is 6.54 Å². The van der Waals surface area contributed by atoms with Crippen LogP contribution in [0, 0.1) is 20.8 Å². The first-order chi connectivity index (χ1) is 10.4. The fraction of sp³-hybridized carbons (Fsp3) is 0.471. The summed E-state index contributed by atoms with van der Waals surface area (Å²) in [5.41, 5.74) is 4.40. The molecular formula is C17H25N3O2. The molecule has 1 aromatic heterocycles. The maximum absolute atomic E-state index is 10.2. The summed E-state index contributed by atoms with van der Waals surface area (Å²) < 4.78 is 7.60. The van der Waals surface area contributed by atoms with Crippen molar-refractivity contribution >= 4 is 5.69 Å². The van der Waals surface area contributed by atoms with E-state index in [1.807, 2.05) is 45.1 Å². The van der Waals surface area contributed by atoms with Crippen molar-refractivity contribution in [3.8, 4) is 5.75 Å².